The summed E-state index contributed by atoms with van der Waals surface area (Å²) in [5, 5.41) is 24.1. The first-order valence-electron chi connectivity index (χ1n) is 6.46. The lowest BCUT2D eigenvalue weighted by Gasteiger charge is -2.03. The number of hydrogen-bond donors (Lipinski definition) is 2. The standard InChI is InChI=1S/C15H13N3O5/c1-23-13-5-6-14(19)11(8-13)9-16-17-15(20)10-3-2-4-12(7-10)18(21)22/h2-9,19H,1H3,(H,17,20). The lowest BCUT2D eigenvalue weighted by Crippen LogP contribution is -2.17. The minimum Gasteiger partial charge on any atom is -0.507 e. The zero-order valence-corrected chi connectivity index (χ0v) is 12.1. The van der Waals surface area contributed by atoms with E-state index in [9.17, 15) is 20.0 Å². The predicted octanol–water partition coefficient (Wildman–Crippen LogP) is 2.07. The van der Waals surface area contributed by atoms with E-state index in [4.69, 9.17) is 4.74 Å². The van der Waals surface area contributed by atoms with Gasteiger partial charge in [-0.15, -0.1) is 0 Å². The van der Waals surface area contributed by atoms with Gasteiger partial charge in [-0.05, 0) is 24.3 Å². The molecule has 2 aromatic carbocycles. The summed E-state index contributed by atoms with van der Waals surface area (Å²) in [5.74, 6) is -0.110. The van der Waals surface area contributed by atoms with E-state index in [1.54, 1.807) is 12.1 Å². The molecule has 0 unspecified atom stereocenters. The van der Waals surface area contributed by atoms with Crippen LogP contribution in [-0.2, 0) is 0 Å². The van der Waals surface area contributed by atoms with Crippen LogP contribution in [0.25, 0.3) is 0 Å². The topological polar surface area (TPSA) is 114 Å². The number of methoxy groups -OCH3 is 1. The number of rotatable bonds is 5. The van der Waals surface area contributed by atoms with Crippen molar-refractivity contribution in [3.05, 3.63) is 63.7 Å². The summed E-state index contributed by atoms with van der Waals surface area (Å²) >= 11 is 0. The van der Waals surface area contributed by atoms with Crippen molar-refractivity contribution in [1.82, 2.24) is 5.43 Å². The molecule has 2 N–H and O–H groups in total. The van der Waals surface area contributed by atoms with Crippen molar-refractivity contribution >= 4 is 17.8 Å². The van der Waals surface area contributed by atoms with Crippen LogP contribution in [0.1, 0.15) is 15.9 Å². The van der Waals surface area contributed by atoms with Crippen LogP contribution in [0.15, 0.2) is 47.6 Å². The average molecular weight is 315 g/mol. The minimum atomic E-state index is -0.604. The zero-order valence-electron chi connectivity index (χ0n) is 12.1. The molecule has 0 saturated heterocycles. The normalized spacial score (nSPS) is 10.5. The van der Waals surface area contributed by atoms with Gasteiger partial charge in [0.15, 0.2) is 0 Å². The average Bonchev–Trinajstić information content (AvgIpc) is 2.56. The van der Waals surface area contributed by atoms with Crippen LogP contribution in [0.2, 0.25) is 0 Å². The quantitative estimate of drug-likeness (QED) is 0.498. The van der Waals surface area contributed by atoms with Crippen molar-refractivity contribution in [3.8, 4) is 11.5 Å². The Balaban J connectivity index is 2.10. The van der Waals surface area contributed by atoms with Crippen LogP contribution in [0.3, 0.4) is 0 Å². The molecule has 8 heteroatoms. The number of phenols is 1. The molecule has 2 rings (SSSR count). The number of nitro groups is 1. The van der Waals surface area contributed by atoms with E-state index >= 15 is 0 Å². The number of nitrogens with zero attached hydrogens (tertiary/aromatic N) is 2. The number of non-ortho nitro benzene ring substituents is 1. The summed E-state index contributed by atoms with van der Waals surface area (Å²) < 4.78 is 5.02. The van der Waals surface area contributed by atoms with E-state index in [0.29, 0.717) is 11.3 Å². The third-order valence-corrected chi connectivity index (χ3v) is 2.92. The highest BCUT2D eigenvalue weighted by Crippen LogP contribution is 2.21. The van der Waals surface area contributed by atoms with Gasteiger partial charge in [0.1, 0.15) is 11.5 Å². The summed E-state index contributed by atoms with van der Waals surface area (Å²) in [6.07, 6.45) is 1.24. The Morgan fingerprint density at radius 1 is 1.35 bits per heavy atom. The summed E-state index contributed by atoms with van der Waals surface area (Å²) in [6, 6.07) is 9.82. The molecular weight excluding hydrogens is 302 g/mol. The Labute approximate surface area is 131 Å². The molecule has 0 aliphatic heterocycles. The Bertz CT molecular complexity index is 773. The van der Waals surface area contributed by atoms with Gasteiger partial charge in [0, 0.05) is 23.3 Å². The number of amides is 1. The number of carbonyl (C=O) groups excluding carboxylic acids is 1. The second kappa shape index (κ2) is 7.03. The summed E-state index contributed by atoms with van der Waals surface area (Å²) in [4.78, 5) is 22.0. The van der Waals surface area contributed by atoms with Gasteiger partial charge in [0.05, 0.1) is 18.2 Å². The molecule has 1 amide bonds. The summed E-state index contributed by atoms with van der Waals surface area (Å²) in [5.41, 5.74) is 2.50. The molecule has 0 fully saturated rings. The zero-order chi connectivity index (χ0) is 16.8. The number of nitro benzene ring substituents is 1. The van der Waals surface area contributed by atoms with Gasteiger partial charge in [-0.1, -0.05) is 6.07 Å². The van der Waals surface area contributed by atoms with E-state index in [1.165, 1.54) is 37.6 Å². The third kappa shape index (κ3) is 4.03. The van der Waals surface area contributed by atoms with Gasteiger partial charge in [0.25, 0.3) is 11.6 Å². The highest BCUT2D eigenvalue weighted by Gasteiger charge is 2.10. The number of nitrogens with one attached hydrogen (secondary N) is 1. The van der Waals surface area contributed by atoms with Gasteiger partial charge in [0.2, 0.25) is 0 Å². The largest absolute Gasteiger partial charge is 0.507 e. The molecule has 23 heavy (non-hydrogen) atoms. The van der Waals surface area contributed by atoms with Crippen molar-refractivity contribution in [3.63, 3.8) is 0 Å². The van der Waals surface area contributed by atoms with Gasteiger partial charge in [-0.2, -0.15) is 5.10 Å². The minimum absolute atomic E-state index is 0.0286. The SMILES string of the molecule is COc1ccc(O)c(C=NNC(=O)c2cccc([N+](=O)[O-])c2)c1. The van der Waals surface area contributed by atoms with Gasteiger partial charge in [-0.3, -0.25) is 14.9 Å². The molecule has 8 nitrogen and oxygen atoms in total. The van der Waals surface area contributed by atoms with Crippen LogP contribution < -0.4 is 10.2 Å². The van der Waals surface area contributed by atoms with Crippen LogP contribution >= 0.6 is 0 Å². The maximum Gasteiger partial charge on any atom is 0.271 e. The highest BCUT2D eigenvalue weighted by molar-refractivity contribution is 5.95. The van der Waals surface area contributed by atoms with Crippen LogP contribution in [-0.4, -0.2) is 29.3 Å². The van der Waals surface area contributed by atoms with Crippen molar-refractivity contribution < 1.29 is 19.6 Å². The van der Waals surface area contributed by atoms with Crippen LogP contribution in [0, 0.1) is 10.1 Å². The van der Waals surface area contributed by atoms with Crippen LogP contribution in [0.5, 0.6) is 11.5 Å². The van der Waals surface area contributed by atoms with Crippen molar-refractivity contribution in [1.29, 1.82) is 0 Å². The fraction of sp³-hybridized carbons (Fsp3) is 0.0667. The van der Waals surface area contributed by atoms with Gasteiger partial charge in [-0.25, -0.2) is 5.43 Å². The Kier molecular flexibility index (Phi) is 4.88. The van der Waals surface area contributed by atoms with Gasteiger partial charge < -0.3 is 9.84 Å². The maximum atomic E-state index is 11.9. The van der Waals surface area contributed by atoms with E-state index in [-0.39, 0.29) is 17.0 Å². The number of phenolic OH excluding ortho intramolecular Hbond substituents is 1. The van der Waals surface area contributed by atoms with Crippen LogP contribution in [0.4, 0.5) is 5.69 Å². The highest BCUT2D eigenvalue weighted by atomic mass is 16.6. The summed E-state index contributed by atoms with van der Waals surface area (Å²) in [6.45, 7) is 0. The number of hydrogen-bond acceptors (Lipinski definition) is 6. The molecule has 0 aliphatic rings. The predicted molar refractivity (Wildman–Crippen MR) is 82.8 cm³/mol. The fourth-order valence-electron chi connectivity index (χ4n) is 1.75. The summed E-state index contributed by atoms with van der Waals surface area (Å²) in [7, 11) is 1.48. The third-order valence-electron chi connectivity index (χ3n) is 2.92. The molecule has 0 saturated carbocycles. The fourth-order valence-corrected chi connectivity index (χ4v) is 1.75. The molecular formula is C15H13N3O5. The van der Waals surface area contributed by atoms with Gasteiger partial charge >= 0.3 is 0 Å². The molecule has 0 radical (unpaired) electrons. The molecule has 2 aromatic rings. The smallest absolute Gasteiger partial charge is 0.271 e. The van der Waals surface area contributed by atoms with E-state index in [0.717, 1.165) is 6.07 Å². The van der Waals surface area contributed by atoms with Crippen molar-refractivity contribution in [2.45, 2.75) is 0 Å². The number of aromatic hydroxyl groups is 1. The van der Waals surface area contributed by atoms with E-state index < -0.39 is 10.8 Å². The number of carbonyl (C=O) groups is 1. The molecule has 0 aromatic heterocycles. The van der Waals surface area contributed by atoms with E-state index in [2.05, 4.69) is 10.5 Å². The van der Waals surface area contributed by atoms with Crippen molar-refractivity contribution in [2.24, 2.45) is 5.10 Å². The lowest BCUT2D eigenvalue weighted by molar-refractivity contribution is -0.384. The first-order chi connectivity index (χ1) is 11.0. The maximum absolute atomic E-state index is 11.9. The molecule has 0 heterocycles. The lowest BCUT2D eigenvalue weighted by atomic mass is 10.2. The number of ether oxygens (including phenoxy) is 1. The molecule has 0 aliphatic carbocycles. The Morgan fingerprint density at radius 3 is 2.83 bits per heavy atom. The second-order valence-corrected chi connectivity index (χ2v) is 4.43. The second-order valence-electron chi connectivity index (χ2n) is 4.43. The van der Waals surface area contributed by atoms with Crippen molar-refractivity contribution in [2.75, 3.05) is 7.11 Å². The molecule has 118 valence electrons. The first kappa shape index (κ1) is 16.0. The molecule has 0 atom stereocenters. The number of hydrazone groups is 1. The van der Waals surface area contributed by atoms with E-state index in [1.807, 2.05) is 0 Å². The molecule has 0 spiro atoms. The Morgan fingerprint density at radius 2 is 2.13 bits per heavy atom. The molecule has 0 bridgehead atoms. The monoisotopic (exact) mass is 315 g/mol. The first-order valence-corrected chi connectivity index (χ1v) is 6.46. The Hall–Kier alpha value is -3.42. The number of benzene rings is 2.